The Morgan fingerprint density at radius 3 is 2.05 bits per heavy atom. The molecule has 0 aliphatic rings. The van der Waals surface area contributed by atoms with Crippen LogP contribution < -0.4 is 4.90 Å². The van der Waals surface area contributed by atoms with Gasteiger partial charge in [0.1, 0.15) is 12.3 Å². The summed E-state index contributed by atoms with van der Waals surface area (Å²) in [7, 11) is 3.94. The second-order valence-electron chi connectivity index (χ2n) is 5.40. The van der Waals surface area contributed by atoms with Crippen LogP contribution in [0.15, 0.2) is 59.6 Å². The van der Waals surface area contributed by atoms with Crippen molar-refractivity contribution in [1.29, 1.82) is 0 Å². The number of hydrogen-bond donors (Lipinski definition) is 2. The third-order valence-corrected chi connectivity index (χ3v) is 3.38. The van der Waals surface area contributed by atoms with E-state index in [0.29, 0.717) is 5.71 Å². The zero-order valence-corrected chi connectivity index (χ0v) is 13.1. The summed E-state index contributed by atoms with van der Waals surface area (Å²) in [5.74, 6) is 0. The van der Waals surface area contributed by atoms with Gasteiger partial charge in [-0.05, 0) is 30.2 Å². The fraction of sp³-hybridized carbons (Fsp3) is 0.278. The van der Waals surface area contributed by atoms with E-state index < -0.39 is 12.3 Å². The number of nitrogens with zero attached hydrogens (tertiary/aromatic N) is 2. The van der Waals surface area contributed by atoms with E-state index in [0.717, 1.165) is 16.8 Å². The fourth-order valence-electron chi connectivity index (χ4n) is 2.23. The molecule has 2 rings (SSSR count). The van der Waals surface area contributed by atoms with E-state index >= 15 is 0 Å². The van der Waals surface area contributed by atoms with Gasteiger partial charge in [0.05, 0.1) is 5.71 Å². The van der Waals surface area contributed by atoms with Crippen molar-refractivity contribution < 1.29 is 10.2 Å². The summed E-state index contributed by atoms with van der Waals surface area (Å²) in [6.45, 7) is 1.58. The monoisotopic (exact) mass is 298 g/mol. The molecule has 2 N–H and O–H groups in total. The van der Waals surface area contributed by atoms with E-state index in [-0.39, 0.29) is 0 Å². The number of rotatable bonds is 5. The van der Waals surface area contributed by atoms with Crippen molar-refractivity contribution in [3.05, 3.63) is 65.7 Å². The van der Waals surface area contributed by atoms with E-state index in [4.69, 9.17) is 0 Å². The molecule has 22 heavy (non-hydrogen) atoms. The van der Waals surface area contributed by atoms with Gasteiger partial charge < -0.3 is 15.1 Å². The Balaban J connectivity index is 2.38. The molecule has 0 fully saturated rings. The van der Waals surface area contributed by atoms with Crippen molar-refractivity contribution in [2.45, 2.75) is 19.3 Å². The van der Waals surface area contributed by atoms with Crippen LogP contribution >= 0.6 is 0 Å². The number of aliphatic imine (C=N–C) groups is 1. The molecule has 0 bridgehead atoms. The van der Waals surface area contributed by atoms with Crippen molar-refractivity contribution in [2.24, 2.45) is 4.99 Å². The molecule has 0 spiro atoms. The summed E-state index contributed by atoms with van der Waals surface area (Å²) in [5, 5.41) is 20.2. The molecule has 0 heterocycles. The summed E-state index contributed by atoms with van der Waals surface area (Å²) < 4.78 is 0. The lowest BCUT2D eigenvalue weighted by molar-refractivity contribution is 0.199. The van der Waals surface area contributed by atoms with Crippen molar-refractivity contribution >= 4 is 11.4 Å². The van der Waals surface area contributed by atoms with Gasteiger partial charge in [-0.3, -0.25) is 4.99 Å². The molecule has 4 nitrogen and oxygen atoms in total. The standard InChI is InChI=1S/C18H22N2O2/c1-13(21)19-17(18(22)15-7-5-4-6-8-15)14-9-11-16(12-10-14)20(2)3/h4-13,18,21-22H,1-3H3/b19-17+. The average molecular weight is 298 g/mol. The summed E-state index contributed by atoms with van der Waals surface area (Å²) in [6.07, 6.45) is -1.75. The van der Waals surface area contributed by atoms with Crippen LogP contribution in [0, 0.1) is 0 Å². The molecule has 2 unspecified atom stereocenters. The molecule has 0 aromatic heterocycles. The highest BCUT2D eigenvalue weighted by atomic mass is 16.3. The first-order chi connectivity index (χ1) is 10.5. The largest absolute Gasteiger partial charge is 0.382 e. The van der Waals surface area contributed by atoms with Gasteiger partial charge in [0.25, 0.3) is 0 Å². The quantitative estimate of drug-likeness (QED) is 0.834. The normalized spacial score (nSPS) is 14.5. The molecule has 2 aromatic rings. The first-order valence-electron chi connectivity index (χ1n) is 7.25. The van der Waals surface area contributed by atoms with Crippen LogP contribution in [0.25, 0.3) is 0 Å². The third kappa shape index (κ3) is 3.93. The van der Waals surface area contributed by atoms with Crippen molar-refractivity contribution in [2.75, 3.05) is 19.0 Å². The van der Waals surface area contributed by atoms with E-state index in [1.807, 2.05) is 73.6 Å². The molecule has 2 atom stereocenters. The molecule has 0 aliphatic carbocycles. The molecule has 4 heteroatoms. The number of benzene rings is 2. The number of anilines is 1. The molecular weight excluding hydrogens is 276 g/mol. The minimum Gasteiger partial charge on any atom is -0.382 e. The highest BCUT2D eigenvalue weighted by Gasteiger charge is 2.18. The van der Waals surface area contributed by atoms with Gasteiger partial charge in [0, 0.05) is 19.8 Å². The van der Waals surface area contributed by atoms with Crippen LogP contribution in [0.2, 0.25) is 0 Å². The van der Waals surface area contributed by atoms with Gasteiger partial charge >= 0.3 is 0 Å². The molecular formula is C18H22N2O2. The maximum Gasteiger partial charge on any atom is 0.142 e. The number of aliphatic hydroxyl groups is 2. The average Bonchev–Trinajstić information content (AvgIpc) is 2.53. The maximum absolute atomic E-state index is 10.6. The molecule has 0 radical (unpaired) electrons. The van der Waals surface area contributed by atoms with Gasteiger partial charge in [-0.2, -0.15) is 0 Å². The van der Waals surface area contributed by atoms with Gasteiger partial charge in [0.2, 0.25) is 0 Å². The lowest BCUT2D eigenvalue weighted by Crippen LogP contribution is -2.17. The minimum absolute atomic E-state index is 0.464. The van der Waals surface area contributed by atoms with E-state index in [9.17, 15) is 10.2 Å². The Morgan fingerprint density at radius 1 is 0.955 bits per heavy atom. The topological polar surface area (TPSA) is 56.1 Å². The maximum atomic E-state index is 10.6. The highest BCUT2D eigenvalue weighted by molar-refractivity contribution is 6.04. The van der Waals surface area contributed by atoms with Crippen LogP contribution in [-0.2, 0) is 0 Å². The van der Waals surface area contributed by atoms with Crippen LogP contribution in [0.3, 0.4) is 0 Å². The Labute approximate surface area is 131 Å². The molecule has 2 aromatic carbocycles. The Hall–Kier alpha value is -2.17. The zero-order valence-electron chi connectivity index (χ0n) is 13.1. The first kappa shape index (κ1) is 16.2. The lowest BCUT2D eigenvalue weighted by atomic mass is 9.98. The molecule has 116 valence electrons. The van der Waals surface area contributed by atoms with Crippen LogP contribution in [0.5, 0.6) is 0 Å². The highest BCUT2D eigenvalue weighted by Crippen LogP contribution is 2.22. The van der Waals surface area contributed by atoms with Crippen molar-refractivity contribution in [3.63, 3.8) is 0 Å². The molecule has 0 amide bonds. The Kier molecular flexibility index (Phi) is 5.31. The van der Waals surface area contributed by atoms with Crippen LogP contribution in [0.1, 0.15) is 24.2 Å². The summed E-state index contributed by atoms with van der Waals surface area (Å²) in [6, 6.07) is 17.1. The third-order valence-electron chi connectivity index (χ3n) is 3.38. The first-order valence-corrected chi connectivity index (χ1v) is 7.25. The number of aliphatic hydroxyl groups excluding tert-OH is 2. The van der Waals surface area contributed by atoms with Gasteiger partial charge in [0.15, 0.2) is 0 Å². The second kappa shape index (κ2) is 7.20. The predicted molar refractivity (Wildman–Crippen MR) is 90.4 cm³/mol. The molecule has 0 saturated carbocycles. The lowest BCUT2D eigenvalue weighted by Gasteiger charge is -2.17. The van der Waals surface area contributed by atoms with Gasteiger partial charge in [-0.1, -0.05) is 42.5 Å². The van der Waals surface area contributed by atoms with Gasteiger partial charge in [-0.25, -0.2) is 0 Å². The number of hydrogen-bond acceptors (Lipinski definition) is 4. The minimum atomic E-state index is -0.874. The zero-order chi connectivity index (χ0) is 16.1. The SMILES string of the molecule is CC(O)/N=C(\c1ccc(N(C)C)cc1)C(O)c1ccccc1. The van der Waals surface area contributed by atoms with E-state index in [1.165, 1.54) is 0 Å². The van der Waals surface area contributed by atoms with Crippen molar-refractivity contribution in [3.8, 4) is 0 Å². The smallest absolute Gasteiger partial charge is 0.142 e. The van der Waals surface area contributed by atoms with E-state index in [2.05, 4.69) is 4.99 Å². The molecule has 0 aliphatic heterocycles. The summed E-state index contributed by atoms with van der Waals surface area (Å²) in [5.41, 5.74) is 3.07. The summed E-state index contributed by atoms with van der Waals surface area (Å²) >= 11 is 0. The Morgan fingerprint density at radius 2 is 1.55 bits per heavy atom. The predicted octanol–water partition coefficient (Wildman–Crippen LogP) is 2.61. The van der Waals surface area contributed by atoms with Crippen molar-refractivity contribution in [1.82, 2.24) is 0 Å². The van der Waals surface area contributed by atoms with Crippen LogP contribution in [-0.4, -0.2) is 36.2 Å². The molecule has 0 saturated heterocycles. The van der Waals surface area contributed by atoms with E-state index in [1.54, 1.807) is 6.92 Å². The van der Waals surface area contributed by atoms with Gasteiger partial charge in [-0.15, -0.1) is 0 Å². The second-order valence-corrected chi connectivity index (χ2v) is 5.40. The fourth-order valence-corrected chi connectivity index (χ4v) is 2.23. The van der Waals surface area contributed by atoms with Crippen LogP contribution in [0.4, 0.5) is 5.69 Å². The summed E-state index contributed by atoms with van der Waals surface area (Å²) in [4.78, 5) is 6.21. The Bertz CT molecular complexity index is 619.